The molecule has 1 fully saturated rings. The number of rotatable bonds is 16. The summed E-state index contributed by atoms with van der Waals surface area (Å²) in [7, 11) is -3.62. The smallest absolute Gasteiger partial charge is 0.287 e. The summed E-state index contributed by atoms with van der Waals surface area (Å²) in [5.74, 6) is 0.684. The van der Waals surface area contributed by atoms with Crippen LogP contribution in [-0.4, -0.2) is 19.8 Å². The molecule has 0 heterocycles. The van der Waals surface area contributed by atoms with Crippen LogP contribution in [0.5, 0.6) is 0 Å². The third kappa shape index (κ3) is 9.54. The summed E-state index contributed by atoms with van der Waals surface area (Å²) in [5, 5.41) is 0. The minimum Gasteiger partial charge on any atom is -0.287 e. The van der Waals surface area contributed by atoms with E-state index in [4.69, 9.17) is 13.6 Å². The highest BCUT2D eigenvalue weighted by molar-refractivity contribution is 7.48. The van der Waals surface area contributed by atoms with Gasteiger partial charge in [-0.3, -0.25) is 13.6 Å². The molecule has 0 aliphatic heterocycles. The van der Waals surface area contributed by atoms with Crippen LogP contribution in [0, 0.1) is 0 Å². The maximum atomic E-state index is 13.5. The van der Waals surface area contributed by atoms with Gasteiger partial charge in [-0.15, -0.1) is 0 Å². The van der Waals surface area contributed by atoms with Crippen molar-refractivity contribution in [3.05, 3.63) is 107 Å². The van der Waals surface area contributed by atoms with Gasteiger partial charge < -0.3 is 0 Å². The van der Waals surface area contributed by atoms with Gasteiger partial charge in [-0.05, 0) is 79.5 Å². The lowest BCUT2D eigenvalue weighted by atomic mass is 9.91. The van der Waals surface area contributed by atoms with Gasteiger partial charge in [-0.25, -0.2) is 4.57 Å². The first-order valence-corrected chi connectivity index (χ1v) is 15.4. The second-order valence-corrected chi connectivity index (χ2v) is 11.6. The standard InChI is InChI=1S/C32H41O4P/c33-37(34-25-11-18-28-14-3-1-4-15-28,35-26-12-19-29-16-5-2-6-17-29)36-27-13-23-31-22-9-10-24-32(31)30-20-7-8-21-30/h1-6,9-10,14-17,22,24,30H,7-8,11-13,18-21,23,25-27H2. The van der Waals surface area contributed by atoms with Crippen LogP contribution in [0.3, 0.4) is 0 Å². The molecule has 0 amide bonds. The van der Waals surface area contributed by atoms with Gasteiger partial charge >= 0.3 is 7.82 Å². The molecule has 4 rings (SSSR count). The number of phosphoric acid groups is 1. The number of phosphoric ester groups is 1. The Morgan fingerprint density at radius 1 is 0.595 bits per heavy atom. The van der Waals surface area contributed by atoms with Crippen LogP contribution >= 0.6 is 7.82 Å². The van der Waals surface area contributed by atoms with E-state index in [0.29, 0.717) is 25.7 Å². The molecule has 1 aliphatic rings. The van der Waals surface area contributed by atoms with Gasteiger partial charge in [-0.2, -0.15) is 0 Å². The van der Waals surface area contributed by atoms with Crippen LogP contribution in [0.1, 0.15) is 73.1 Å². The number of hydrogen-bond donors (Lipinski definition) is 0. The van der Waals surface area contributed by atoms with Gasteiger partial charge in [0, 0.05) is 0 Å². The molecule has 0 N–H and O–H groups in total. The minimum absolute atomic E-state index is 0.343. The second-order valence-electron chi connectivity index (χ2n) is 9.91. The molecule has 0 saturated heterocycles. The van der Waals surface area contributed by atoms with Crippen LogP contribution in [0.25, 0.3) is 0 Å². The lowest BCUT2D eigenvalue weighted by molar-refractivity contribution is 0.110. The van der Waals surface area contributed by atoms with Crippen molar-refractivity contribution in [2.24, 2.45) is 0 Å². The van der Waals surface area contributed by atoms with Crippen LogP contribution in [-0.2, 0) is 37.4 Å². The van der Waals surface area contributed by atoms with E-state index in [-0.39, 0.29) is 0 Å². The predicted molar refractivity (Wildman–Crippen MR) is 151 cm³/mol. The van der Waals surface area contributed by atoms with Gasteiger partial charge in [0.15, 0.2) is 0 Å². The number of aryl methyl sites for hydroxylation is 3. The fraction of sp³-hybridized carbons (Fsp3) is 0.438. The highest BCUT2D eigenvalue weighted by atomic mass is 31.2. The molecule has 198 valence electrons. The Morgan fingerprint density at radius 2 is 1.05 bits per heavy atom. The molecule has 37 heavy (non-hydrogen) atoms. The van der Waals surface area contributed by atoms with Crippen molar-refractivity contribution in [1.82, 2.24) is 0 Å². The van der Waals surface area contributed by atoms with E-state index in [2.05, 4.69) is 48.5 Å². The summed E-state index contributed by atoms with van der Waals surface area (Å²) in [4.78, 5) is 0. The number of benzene rings is 3. The zero-order valence-corrected chi connectivity index (χ0v) is 22.8. The van der Waals surface area contributed by atoms with Crippen molar-refractivity contribution < 1.29 is 18.1 Å². The molecule has 5 heteroatoms. The maximum absolute atomic E-state index is 13.5. The molecule has 0 atom stereocenters. The molecule has 0 aromatic heterocycles. The highest BCUT2D eigenvalue weighted by Crippen LogP contribution is 2.50. The zero-order chi connectivity index (χ0) is 25.6. The lowest BCUT2D eigenvalue weighted by Gasteiger charge is -2.19. The largest absolute Gasteiger partial charge is 0.474 e. The Balaban J connectivity index is 1.25. The van der Waals surface area contributed by atoms with E-state index >= 15 is 0 Å². The fourth-order valence-electron chi connectivity index (χ4n) is 5.14. The monoisotopic (exact) mass is 520 g/mol. The second kappa shape index (κ2) is 15.2. The van der Waals surface area contributed by atoms with E-state index in [1.54, 1.807) is 0 Å². The molecule has 4 nitrogen and oxygen atoms in total. The van der Waals surface area contributed by atoms with E-state index in [1.807, 2.05) is 36.4 Å². The lowest BCUT2D eigenvalue weighted by Crippen LogP contribution is -2.06. The van der Waals surface area contributed by atoms with Crippen LogP contribution in [0.15, 0.2) is 84.9 Å². The van der Waals surface area contributed by atoms with Crippen molar-refractivity contribution >= 4 is 7.82 Å². The molecule has 0 radical (unpaired) electrons. The minimum atomic E-state index is -3.62. The Kier molecular flexibility index (Phi) is 11.5. The first-order chi connectivity index (χ1) is 18.2. The average Bonchev–Trinajstić information content (AvgIpc) is 3.48. The molecule has 1 saturated carbocycles. The van der Waals surface area contributed by atoms with Crippen molar-refractivity contribution in [3.63, 3.8) is 0 Å². The van der Waals surface area contributed by atoms with E-state index in [1.165, 1.54) is 47.9 Å². The molecular formula is C32H41O4P. The molecule has 0 spiro atoms. The Bertz CT molecular complexity index is 1030. The van der Waals surface area contributed by atoms with Gasteiger partial charge in [-0.1, -0.05) is 97.8 Å². The van der Waals surface area contributed by atoms with E-state index in [9.17, 15) is 4.57 Å². The van der Waals surface area contributed by atoms with Crippen LogP contribution in [0.2, 0.25) is 0 Å². The third-order valence-electron chi connectivity index (χ3n) is 7.09. The SMILES string of the molecule is O=P(OCCCc1ccccc1)(OCCCc1ccccc1)OCCCc1ccccc1C1CCCC1. The molecule has 3 aromatic carbocycles. The van der Waals surface area contributed by atoms with Gasteiger partial charge in [0.2, 0.25) is 0 Å². The summed E-state index contributed by atoms with van der Waals surface area (Å²) in [5.41, 5.74) is 5.36. The zero-order valence-electron chi connectivity index (χ0n) is 21.9. The van der Waals surface area contributed by atoms with Crippen LogP contribution in [0.4, 0.5) is 0 Å². The van der Waals surface area contributed by atoms with Crippen molar-refractivity contribution in [2.75, 3.05) is 19.8 Å². The Labute approximate surface area is 223 Å². The topological polar surface area (TPSA) is 44.8 Å². The molecule has 0 bridgehead atoms. The Hall–Kier alpha value is -2.23. The number of hydrogen-bond acceptors (Lipinski definition) is 4. The first-order valence-electron chi connectivity index (χ1n) is 13.9. The van der Waals surface area contributed by atoms with E-state index in [0.717, 1.165) is 38.5 Å². The van der Waals surface area contributed by atoms with E-state index < -0.39 is 7.82 Å². The highest BCUT2D eigenvalue weighted by Gasteiger charge is 2.26. The first kappa shape index (κ1) is 27.8. The van der Waals surface area contributed by atoms with Crippen molar-refractivity contribution in [1.29, 1.82) is 0 Å². The van der Waals surface area contributed by atoms with Gasteiger partial charge in [0.1, 0.15) is 0 Å². The molecule has 3 aromatic rings. The third-order valence-corrected chi connectivity index (χ3v) is 8.59. The molecular weight excluding hydrogens is 479 g/mol. The van der Waals surface area contributed by atoms with Gasteiger partial charge in [0.05, 0.1) is 19.8 Å². The quantitative estimate of drug-likeness (QED) is 0.140. The maximum Gasteiger partial charge on any atom is 0.474 e. The van der Waals surface area contributed by atoms with Crippen molar-refractivity contribution in [2.45, 2.75) is 70.1 Å². The average molecular weight is 521 g/mol. The summed E-state index contributed by atoms with van der Waals surface area (Å²) < 4.78 is 30.8. The summed E-state index contributed by atoms with van der Waals surface area (Å²) >= 11 is 0. The molecule has 1 aliphatic carbocycles. The molecule has 0 unspecified atom stereocenters. The fourth-order valence-corrected chi connectivity index (χ4v) is 6.42. The van der Waals surface area contributed by atoms with Gasteiger partial charge in [0.25, 0.3) is 0 Å². The normalized spacial score (nSPS) is 14.3. The summed E-state index contributed by atoms with van der Waals surface area (Å²) in [6.45, 7) is 1.04. The van der Waals surface area contributed by atoms with Crippen molar-refractivity contribution in [3.8, 4) is 0 Å². The van der Waals surface area contributed by atoms with Crippen LogP contribution < -0.4 is 0 Å². The summed E-state index contributed by atoms with van der Waals surface area (Å²) in [6.07, 6.45) is 10.2. The predicted octanol–water partition coefficient (Wildman–Crippen LogP) is 8.70. The summed E-state index contributed by atoms with van der Waals surface area (Å²) in [6, 6.07) is 29.3. The Morgan fingerprint density at radius 3 is 1.59 bits per heavy atom.